The van der Waals surface area contributed by atoms with E-state index in [9.17, 15) is 9.90 Å². The molecule has 26 heavy (non-hydrogen) atoms. The highest BCUT2D eigenvalue weighted by Crippen LogP contribution is 2.35. The van der Waals surface area contributed by atoms with Crippen LogP contribution in [0, 0.1) is 6.92 Å². The lowest BCUT2D eigenvalue weighted by atomic mass is 9.86. The fourth-order valence-corrected chi connectivity index (χ4v) is 3.65. The molecule has 0 aliphatic carbocycles. The smallest absolute Gasteiger partial charge is 0.227 e. The van der Waals surface area contributed by atoms with Crippen molar-refractivity contribution < 1.29 is 14.6 Å². The van der Waals surface area contributed by atoms with E-state index in [0.717, 1.165) is 35.4 Å². The number of carbonyl (C=O) groups excluding carboxylic acids is 1. The molecule has 5 heteroatoms. The maximum Gasteiger partial charge on any atom is 0.227 e. The number of hydrogen-bond acceptors (Lipinski definition) is 4. The van der Waals surface area contributed by atoms with Crippen LogP contribution in [0.5, 0.6) is 5.75 Å². The van der Waals surface area contributed by atoms with Crippen LogP contribution in [-0.4, -0.2) is 40.6 Å². The van der Waals surface area contributed by atoms with Crippen molar-refractivity contribution in [2.45, 2.75) is 44.8 Å². The summed E-state index contributed by atoms with van der Waals surface area (Å²) >= 11 is 0. The summed E-state index contributed by atoms with van der Waals surface area (Å²) in [4.78, 5) is 18.9. The molecule has 0 bridgehead atoms. The minimum atomic E-state index is -1.11. The number of hydrogen-bond donors (Lipinski definition) is 1. The molecule has 0 saturated carbocycles. The number of aliphatic hydroxyl groups is 1. The summed E-state index contributed by atoms with van der Waals surface area (Å²) in [6, 6.07) is 11.0. The lowest BCUT2D eigenvalue weighted by Crippen LogP contribution is -2.48. The van der Waals surface area contributed by atoms with E-state index in [0.29, 0.717) is 13.0 Å². The molecule has 138 valence electrons. The van der Waals surface area contributed by atoms with Crippen molar-refractivity contribution in [1.82, 2.24) is 9.88 Å². The second-order valence-electron chi connectivity index (χ2n) is 7.11. The predicted octanol–water partition coefficient (Wildman–Crippen LogP) is 2.84. The number of carbonyl (C=O) groups is 1. The van der Waals surface area contributed by atoms with E-state index in [1.165, 1.54) is 0 Å². The summed E-state index contributed by atoms with van der Waals surface area (Å²) in [5, 5.41) is 11.2. The second-order valence-corrected chi connectivity index (χ2v) is 7.11. The van der Waals surface area contributed by atoms with Gasteiger partial charge in [0.1, 0.15) is 11.4 Å². The minimum absolute atomic E-state index is 0.0342. The summed E-state index contributed by atoms with van der Waals surface area (Å²) in [6.07, 6.45) is 3.74. The van der Waals surface area contributed by atoms with Crippen LogP contribution < -0.4 is 4.74 Å². The Labute approximate surface area is 154 Å². The first-order chi connectivity index (χ1) is 12.4. The third-order valence-corrected chi connectivity index (χ3v) is 5.22. The van der Waals surface area contributed by atoms with Gasteiger partial charge in [0.05, 0.1) is 19.6 Å². The van der Waals surface area contributed by atoms with Crippen LogP contribution in [0.4, 0.5) is 0 Å². The first kappa shape index (κ1) is 18.4. The van der Waals surface area contributed by atoms with E-state index in [4.69, 9.17) is 4.74 Å². The zero-order chi connectivity index (χ0) is 18.7. The van der Waals surface area contributed by atoms with Gasteiger partial charge in [0.2, 0.25) is 5.91 Å². The highest BCUT2D eigenvalue weighted by Gasteiger charge is 2.42. The summed E-state index contributed by atoms with van der Waals surface area (Å²) < 4.78 is 5.19. The largest absolute Gasteiger partial charge is 0.497 e. The number of methoxy groups -OCH3 is 1. The molecule has 0 spiro atoms. The van der Waals surface area contributed by atoms with Crippen molar-refractivity contribution in [2.24, 2.45) is 0 Å². The molecule has 1 saturated heterocycles. The number of pyridine rings is 1. The van der Waals surface area contributed by atoms with Gasteiger partial charge in [-0.15, -0.1) is 0 Å². The molecule has 1 aromatic carbocycles. The van der Waals surface area contributed by atoms with Crippen molar-refractivity contribution in [3.8, 4) is 5.75 Å². The minimum Gasteiger partial charge on any atom is -0.497 e. The molecule has 0 radical (unpaired) electrons. The summed E-state index contributed by atoms with van der Waals surface area (Å²) in [6.45, 7) is 4.39. The van der Waals surface area contributed by atoms with Gasteiger partial charge in [-0.25, -0.2) is 0 Å². The highest BCUT2D eigenvalue weighted by atomic mass is 16.5. The van der Waals surface area contributed by atoms with Crippen molar-refractivity contribution in [1.29, 1.82) is 0 Å². The number of aryl methyl sites for hydroxylation is 1. The number of benzene rings is 1. The van der Waals surface area contributed by atoms with Gasteiger partial charge < -0.3 is 14.7 Å². The molecule has 2 heterocycles. The van der Waals surface area contributed by atoms with Gasteiger partial charge in [-0.1, -0.05) is 18.2 Å². The van der Waals surface area contributed by atoms with Crippen LogP contribution in [0.2, 0.25) is 0 Å². The van der Waals surface area contributed by atoms with E-state index in [1.54, 1.807) is 20.2 Å². The number of rotatable bonds is 5. The van der Waals surface area contributed by atoms with Crippen molar-refractivity contribution in [2.75, 3.05) is 13.7 Å². The summed E-state index contributed by atoms with van der Waals surface area (Å²) in [7, 11) is 1.62. The lowest BCUT2D eigenvalue weighted by Gasteiger charge is -2.37. The van der Waals surface area contributed by atoms with Gasteiger partial charge in [-0.05, 0) is 56.0 Å². The SMILES string of the molecule is COc1ccc([C@@](C)(O)[C@@H]2CCCN2C(=O)Cc2ccc(C)nc2)cc1. The van der Waals surface area contributed by atoms with Gasteiger partial charge in [0, 0.05) is 18.4 Å². The average molecular weight is 354 g/mol. The molecule has 5 nitrogen and oxygen atoms in total. The fourth-order valence-electron chi connectivity index (χ4n) is 3.65. The van der Waals surface area contributed by atoms with Crippen molar-refractivity contribution in [3.63, 3.8) is 0 Å². The van der Waals surface area contributed by atoms with E-state index in [2.05, 4.69) is 4.98 Å². The average Bonchev–Trinajstić information content (AvgIpc) is 3.14. The van der Waals surface area contributed by atoms with Gasteiger partial charge in [-0.3, -0.25) is 9.78 Å². The third-order valence-electron chi connectivity index (χ3n) is 5.22. The molecule has 2 atom stereocenters. The Morgan fingerprint density at radius 2 is 2.04 bits per heavy atom. The number of nitrogens with zero attached hydrogens (tertiary/aromatic N) is 2. The molecule has 1 fully saturated rings. The molecule has 2 aromatic rings. The number of likely N-dealkylation sites (tertiary alicyclic amines) is 1. The van der Waals surface area contributed by atoms with Crippen LogP contribution in [0.3, 0.4) is 0 Å². The van der Waals surface area contributed by atoms with Crippen molar-refractivity contribution >= 4 is 5.91 Å². The molecular formula is C21H26N2O3. The van der Waals surface area contributed by atoms with Gasteiger partial charge in [-0.2, -0.15) is 0 Å². The van der Waals surface area contributed by atoms with E-state index in [-0.39, 0.29) is 11.9 Å². The first-order valence-corrected chi connectivity index (χ1v) is 8.99. The molecule has 3 rings (SSSR count). The quantitative estimate of drug-likeness (QED) is 0.897. The van der Waals surface area contributed by atoms with Crippen LogP contribution in [-0.2, 0) is 16.8 Å². The molecular weight excluding hydrogens is 328 g/mol. The van der Waals surface area contributed by atoms with Crippen LogP contribution >= 0.6 is 0 Å². The van der Waals surface area contributed by atoms with E-state index in [1.807, 2.05) is 48.2 Å². The standard InChI is InChI=1S/C21H26N2O3/c1-15-6-7-16(14-22-15)13-20(24)23-12-4-5-19(23)21(2,25)17-8-10-18(26-3)11-9-17/h6-11,14,19,25H,4-5,12-13H2,1-3H3/t19-,21+/m0/s1. The summed E-state index contributed by atoms with van der Waals surface area (Å²) in [5.74, 6) is 0.780. The monoisotopic (exact) mass is 354 g/mol. The zero-order valence-corrected chi connectivity index (χ0v) is 15.6. The van der Waals surface area contributed by atoms with Crippen molar-refractivity contribution in [3.05, 3.63) is 59.4 Å². The van der Waals surface area contributed by atoms with Crippen LogP contribution in [0.15, 0.2) is 42.6 Å². The topological polar surface area (TPSA) is 62.7 Å². The maximum absolute atomic E-state index is 12.9. The Balaban J connectivity index is 1.77. The molecule has 1 N–H and O–H groups in total. The Hall–Kier alpha value is -2.40. The normalized spacial score (nSPS) is 19.2. The predicted molar refractivity (Wildman–Crippen MR) is 100.0 cm³/mol. The number of aromatic nitrogens is 1. The van der Waals surface area contributed by atoms with E-state index >= 15 is 0 Å². The van der Waals surface area contributed by atoms with Crippen LogP contribution in [0.1, 0.15) is 36.6 Å². The third kappa shape index (κ3) is 3.73. The van der Waals surface area contributed by atoms with Crippen LogP contribution in [0.25, 0.3) is 0 Å². The second kappa shape index (κ2) is 7.46. The highest BCUT2D eigenvalue weighted by molar-refractivity contribution is 5.79. The first-order valence-electron chi connectivity index (χ1n) is 8.99. The van der Waals surface area contributed by atoms with Gasteiger partial charge >= 0.3 is 0 Å². The number of amides is 1. The molecule has 1 amide bonds. The number of ether oxygens (including phenoxy) is 1. The zero-order valence-electron chi connectivity index (χ0n) is 15.6. The Bertz CT molecular complexity index is 754. The lowest BCUT2D eigenvalue weighted by molar-refractivity contribution is -0.137. The Morgan fingerprint density at radius 3 is 2.65 bits per heavy atom. The molecule has 1 aliphatic heterocycles. The fraction of sp³-hybridized carbons (Fsp3) is 0.429. The van der Waals surface area contributed by atoms with Gasteiger partial charge in [0.25, 0.3) is 0 Å². The van der Waals surface area contributed by atoms with Gasteiger partial charge in [0.15, 0.2) is 0 Å². The molecule has 0 unspecified atom stereocenters. The molecule has 1 aromatic heterocycles. The summed E-state index contributed by atoms with van der Waals surface area (Å²) in [5.41, 5.74) is 1.52. The Kier molecular flexibility index (Phi) is 5.28. The van der Waals surface area contributed by atoms with E-state index < -0.39 is 5.60 Å². The molecule has 1 aliphatic rings. The maximum atomic E-state index is 12.9. The Morgan fingerprint density at radius 1 is 1.31 bits per heavy atom.